The van der Waals surface area contributed by atoms with Crippen LogP contribution < -0.4 is 10.4 Å². The number of rotatable bonds is 7. The van der Waals surface area contributed by atoms with Gasteiger partial charge in [-0.05, 0) is 32.0 Å². The maximum atomic E-state index is 11.3. The summed E-state index contributed by atoms with van der Waals surface area (Å²) in [7, 11) is -2.69. The van der Waals surface area contributed by atoms with E-state index >= 15 is 0 Å². The molecule has 0 radical (unpaired) electrons. The zero-order chi connectivity index (χ0) is 24.1. The summed E-state index contributed by atoms with van der Waals surface area (Å²) in [6.07, 6.45) is 1.48. The predicted molar refractivity (Wildman–Crippen MR) is 143 cm³/mol. The van der Waals surface area contributed by atoms with Crippen LogP contribution in [0.15, 0.2) is 96.6 Å². The molecule has 0 aliphatic rings. The fourth-order valence-corrected chi connectivity index (χ4v) is 9.01. The minimum absolute atomic E-state index is 0.111. The van der Waals surface area contributed by atoms with Crippen LogP contribution in [0.5, 0.6) is 0 Å². The van der Waals surface area contributed by atoms with Gasteiger partial charge in [0.05, 0.1) is 12.7 Å². The smallest absolute Gasteiger partial charge is 0.261 e. The van der Waals surface area contributed by atoms with E-state index in [1.54, 1.807) is 0 Å². The van der Waals surface area contributed by atoms with Crippen LogP contribution >= 0.6 is 0 Å². The Morgan fingerprint density at radius 1 is 0.758 bits per heavy atom. The van der Waals surface area contributed by atoms with E-state index in [9.17, 15) is 5.11 Å². The molecule has 2 nitrogen and oxygen atoms in total. The lowest BCUT2D eigenvalue weighted by atomic mass is 9.84. The molecular formula is C30H38O2Si. The molecular weight excluding hydrogens is 420 g/mol. The van der Waals surface area contributed by atoms with Gasteiger partial charge in [-0.2, -0.15) is 0 Å². The molecule has 0 spiro atoms. The van der Waals surface area contributed by atoms with Crippen molar-refractivity contribution in [3.8, 4) is 0 Å². The zero-order valence-electron chi connectivity index (χ0n) is 20.9. The van der Waals surface area contributed by atoms with Crippen molar-refractivity contribution in [1.29, 1.82) is 0 Å². The maximum Gasteiger partial charge on any atom is 0.261 e. The van der Waals surface area contributed by atoms with Gasteiger partial charge in [0.25, 0.3) is 8.32 Å². The van der Waals surface area contributed by atoms with E-state index in [0.717, 1.165) is 11.1 Å². The van der Waals surface area contributed by atoms with Crippen molar-refractivity contribution >= 4 is 24.8 Å². The molecule has 1 N–H and O–H groups in total. The van der Waals surface area contributed by atoms with Crippen molar-refractivity contribution in [1.82, 2.24) is 0 Å². The summed E-state index contributed by atoms with van der Waals surface area (Å²) in [4.78, 5) is 0. The molecule has 1 unspecified atom stereocenters. The molecule has 0 aromatic heterocycles. The predicted octanol–water partition coefficient (Wildman–Crippen LogP) is 6.05. The summed E-state index contributed by atoms with van der Waals surface area (Å²) in [5, 5.41) is 13.7. The highest BCUT2D eigenvalue weighted by Crippen LogP contribution is 2.38. The van der Waals surface area contributed by atoms with E-state index < -0.39 is 14.4 Å². The number of benzene rings is 3. The first kappa shape index (κ1) is 25.2. The molecule has 0 heterocycles. The normalized spacial score (nSPS) is 14.2. The van der Waals surface area contributed by atoms with E-state index in [-0.39, 0.29) is 10.5 Å². The highest BCUT2D eigenvalue weighted by Gasteiger charge is 2.50. The van der Waals surface area contributed by atoms with Crippen molar-refractivity contribution in [2.24, 2.45) is 5.41 Å². The first-order valence-electron chi connectivity index (χ1n) is 11.7. The zero-order valence-corrected chi connectivity index (χ0v) is 21.9. The minimum Gasteiger partial charge on any atom is -0.403 e. The second-order valence-corrected chi connectivity index (χ2v) is 15.2. The van der Waals surface area contributed by atoms with Crippen LogP contribution in [0, 0.1) is 5.41 Å². The Hall–Kier alpha value is -2.46. The van der Waals surface area contributed by atoms with Crippen LogP contribution in [0.3, 0.4) is 0 Å². The third-order valence-electron chi connectivity index (χ3n) is 6.20. The molecule has 3 aromatic rings. The van der Waals surface area contributed by atoms with E-state index in [0.29, 0.717) is 6.61 Å². The molecule has 0 bridgehead atoms. The molecule has 174 valence electrons. The van der Waals surface area contributed by atoms with E-state index in [1.807, 2.05) is 18.2 Å². The quantitative estimate of drug-likeness (QED) is 0.437. The first-order chi connectivity index (χ1) is 15.6. The van der Waals surface area contributed by atoms with Crippen LogP contribution in [0.25, 0.3) is 6.08 Å². The van der Waals surface area contributed by atoms with Crippen LogP contribution in [-0.4, -0.2) is 26.1 Å². The van der Waals surface area contributed by atoms with Gasteiger partial charge in [0.2, 0.25) is 0 Å². The third kappa shape index (κ3) is 5.73. The van der Waals surface area contributed by atoms with Crippen molar-refractivity contribution in [2.75, 3.05) is 6.61 Å². The molecule has 0 aliphatic heterocycles. The monoisotopic (exact) mass is 458 g/mol. The lowest BCUT2D eigenvalue weighted by Crippen LogP contribution is -2.66. The summed E-state index contributed by atoms with van der Waals surface area (Å²) in [5.41, 5.74) is 1.68. The Labute approximate surface area is 201 Å². The molecule has 3 heteroatoms. The molecule has 0 aliphatic carbocycles. The van der Waals surface area contributed by atoms with E-state index in [2.05, 4.69) is 120 Å². The van der Waals surface area contributed by atoms with E-state index in [4.69, 9.17) is 4.43 Å². The number of aliphatic hydroxyl groups excluding tert-OH is 1. The fourth-order valence-electron chi connectivity index (χ4n) is 4.47. The van der Waals surface area contributed by atoms with Crippen molar-refractivity contribution in [3.05, 3.63) is 102 Å². The highest BCUT2D eigenvalue weighted by molar-refractivity contribution is 6.99. The van der Waals surface area contributed by atoms with Crippen molar-refractivity contribution < 1.29 is 9.53 Å². The van der Waals surface area contributed by atoms with Gasteiger partial charge in [0.15, 0.2) is 0 Å². The number of hydrogen-bond donors (Lipinski definition) is 1. The summed E-state index contributed by atoms with van der Waals surface area (Å²) < 4.78 is 7.13. The summed E-state index contributed by atoms with van der Waals surface area (Å²) >= 11 is 0. The van der Waals surface area contributed by atoms with Gasteiger partial charge in [-0.3, -0.25) is 0 Å². The van der Waals surface area contributed by atoms with Gasteiger partial charge in [0, 0.05) is 0 Å². The lowest BCUT2D eigenvalue weighted by Gasteiger charge is -2.43. The molecule has 1 atom stereocenters. The van der Waals surface area contributed by atoms with Crippen LogP contribution in [-0.2, 0) is 4.43 Å². The molecule has 0 saturated carbocycles. The summed E-state index contributed by atoms with van der Waals surface area (Å²) in [6.45, 7) is 13.4. The number of hydrogen-bond acceptors (Lipinski definition) is 2. The molecule has 3 rings (SSSR count). The molecule has 3 aromatic carbocycles. The van der Waals surface area contributed by atoms with Crippen LogP contribution in [0.2, 0.25) is 5.04 Å². The Morgan fingerprint density at radius 3 is 1.58 bits per heavy atom. The Bertz CT molecular complexity index is 990. The summed E-state index contributed by atoms with van der Waals surface area (Å²) in [5.74, 6) is 0. The standard InChI is InChI=1S/C30H38O2Si/c1-29(2,3)28(31)25(22-24-16-10-7-11-17-24)23-32-33(30(4,5)6,26-18-12-8-13-19-26)27-20-14-9-15-21-27/h7-22,28,31H,23H2,1-6H3/b25-22+. The largest absolute Gasteiger partial charge is 0.403 e. The molecule has 0 amide bonds. The van der Waals surface area contributed by atoms with Gasteiger partial charge in [-0.25, -0.2) is 0 Å². The molecule has 0 fully saturated rings. The van der Waals surface area contributed by atoms with Crippen molar-refractivity contribution in [2.45, 2.75) is 52.7 Å². The van der Waals surface area contributed by atoms with E-state index in [1.165, 1.54) is 10.4 Å². The maximum absolute atomic E-state index is 11.3. The Morgan fingerprint density at radius 2 is 1.18 bits per heavy atom. The lowest BCUT2D eigenvalue weighted by molar-refractivity contribution is 0.0859. The highest BCUT2D eigenvalue weighted by atomic mass is 28.4. The van der Waals surface area contributed by atoms with Crippen LogP contribution in [0.4, 0.5) is 0 Å². The average Bonchev–Trinajstić information content (AvgIpc) is 2.79. The second-order valence-electron chi connectivity index (χ2n) is 10.9. The van der Waals surface area contributed by atoms with Gasteiger partial charge >= 0.3 is 0 Å². The minimum atomic E-state index is -2.69. The Balaban J connectivity index is 2.12. The van der Waals surface area contributed by atoms with Gasteiger partial charge in [-0.15, -0.1) is 0 Å². The summed E-state index contributed by atoms with van der Waals surface area (Å²) in [6, 6.07) is 31.5. The SMILES string of the molecule is CC(C)(C)C(O)/C(=C/c1ccccc1)CO[Si](c1ccccc1)(c1ccccc1)C(C)(C)C. The second kappa shape index (κ2) is 10.2. The molecule has 33 heavy (non-hydrogen) atoms. The average molecular weight is 459 g/mol. The fraction of sp³-hybridized carbons (Fsp3) is 0.333. The Kier molecular flexibility index (Phi) is 7.79. The topological polar surface area (TPSA) is 29.5 Å². The van der Waals surface area contributed by atoms with Crippen LogP contribution in [0.1, 0.15) is 47.1 Å². The van der Waals surface area contributed by atoms with Gasteiger partial charge in [0.1, 0.15) is 0 Å². The third-order valence-corrected chi connectivity index (χ3v) is 11.2. The van der Waals surface area contributed by atoms with Crippen molar-refractivity contribution in [3.63, 3.8) is 0 Å². The van der Waals surface area contributed by atoms with Gasteiger partial charge < -0.3 is 9.53 Å². The van der Waals surface area contributed by atoms with Gasteiger partial charge in [-0.1, -0.05) is 139 Å². The number of aliphatic hydroxyl groups is 1. The molecule has 0 saturated heterocycles. The first-order valence-corrected chi connectivity index (χ1v) is 13.6.